The van der Waals surface area contributed by atoms with Gasteiger partial charge in [0.25, 0.3) is 0 Å². The number of anilines is 3. The summed E-state index contributed by atoms with van der Waals surface area (Å²) >= 11 is 12.0. The van der Waals surface area contributed by atoms with Crippen LogP contribution < -0.4 is 10.6 Å². The fourth-order valence-electron chi connectivity index (χ4n) is 2.43. The number of hydrogen-bond donors (Lipinski definition) is 2. The lowest BCUT2D eigenvalue weighted by atomic mass is 10.3. The molecule has 8 nitrogen and oxygen atoms in total. The molecule has 0 amide bonds. The predicted molar refractivity (Wildman–Crippen MR) is 103 cm³/mol. The molecule has 0 bridgehead atoms. The van der Waals surface area contributed by atoms with E-state index in [0.717, 1.165) is 25.3 Å². The Bertz CT molecular complexity index is 882. The van der Waals surface area contributed by atoms with Crippen molar-refractivity contribution in [2.24, 2.45) is 0 Å². The van der Waals surface area contributed by atoms with Crippen LogP contribution in [-0.4, -0.2) is 51.4 Å². The Morgan fingerprint density at radius 2 is 1.69 bits per heavy atom. The summed E-state index contributed by atoms with van der Waals surface area (Å²) in [4.78, 5) is 11.2. The minimum Gasteiger partial charge on any atom is -0.366 e. The molecule has 0 saturated heterocycles. The van der Waals surface area contributed by atoms with Crippen LogP contribution in [0.15, 0.2) is 22.8 Å². The summed E-state index contributed by atoms with van der Waals surface area (Å²) in [5, 5.41) is 14.9. The van der Waals surface area contributed by atoms with Crippen molar-refractivity contribution in [1.29, 1.82) is 0 Å². The SMILES string of the molecule is CCN(CC)CCNc1nc2nonc2nc1Nc1ccc(Cl)c(Cl)c1. The standard InChI is InChI=1S/C16H19Cl2N7O/c1-3-25(4-2)8-7-19-13-14(22-16-15(21-13)23-26-24-16)20-10-5-6-11(17)12(18)9-10/h5-6,9H,3-4,7-8H2,1-2H3,(H,19,21,23)(H,20,22,24). The average molecular weight is 396 g/mol. The highest BCUT2D eigenvalue weighted by molar-refractivity contribution is 6.42. The summed E-state index contributed by atoms with van der Waals surface area (Å²) in [6.45, 7) is 7.84. The van der Waals surface area contributed by atoms with Crippen LogP contribution in [0.4, 0.5) is 17.3 Å². The van der Waals surface area contributed by atoms with Gasteiger partial charge in [-0.25, -0.2) is 14.6 Å². The van der Waals surface area contributed by atoms with E-state index in [0.29, 0.717) is 39.5 Å². The van der Waals surface area contributed by atoms with Crippen molar-refractivity contribution in [3.05, 3.63) is 28.2 Å². The van der Waals surface area contributed by atoms with Crippen molar-refractivity contribution in [3.8, 4) is 0 Å². The zero-order chi connectivity index (χ0) is 18.5. The first-order chi connectivity index (χ1) is 12.6. The molecule has 10 heteroatoms. The van der Waals surface area contributed by atoms with Crippen LogP contribution in [0, 0.1) is 0 Å². The lowest BCUT2D eigenvalue weighted by Gasteiger charge is -2.19. The number of halogens is 2. The summed E-state index contributed by atoms with van der Waals surface area (Å²) in [5.41, 5.74) is 1.40. The van der Waals surface area contributed by atoms with Gasteiger partial charge in [0.1, 0.15) is 0 Å². The molecular formula is C16H19Cl2N7O. The molecule has 0 spiro atoms. The van der Waals surface area contributed by atoms with Crippen molar-refractivity contribution in [2.75, 3.05) is 36.8 Å². The normalized spacial score (nSPS) is 11.3. The quantitative estimate of drug-likeness (QED) is 0.594. The third-order valence-electron chi connectivity index (χ3n) is 3.91. The number of nitrogens with one attached hydrogen (secondary N) is 2. The van der Waals surface area contributed by atoms with Crippen molar-refractivity contribution < 1.29 is 4.63 Å². The van der Waals surface area contributed by atoms with Crippen LogP contribution >= 0.6 is 23.2 Å². The van der Waals surface area contributed by atoms with E-state index in [9.17, 15) is 0 Å². The first-order valence-corrected chi connectivity index (χ1v) is 9.05. The van der Waals surface area contributed by atoms with Crippen LogP contribution in [0.5, 0.6) is 0 Å². The second-order valence-electron chi connectivity index (χ2n) is 5.54. The fraction of sp³-hybridized carbons (Fsp3) is 0.375. The number of rotatable bonds is 8. The first kappa shape index (κ1) is 18.6. The topological polar surface area (TPSA) is 92.0 Å². The van der Waals surface area contributed by atoms with Crippen molar-refractivity contribution in [1.82, 2.24) is 25.2 Å². The highest BCUT2D eigenvalue weighted by atomic mass is 35.5. The maximum atomic E-state index is 6.08. The smallest absolute Gasteiger partial charge is 0.245 e. The van der Waals surface area contributed by atoms with Gasteiger partial charge in [0, 0.05) is 18.8 Å². The summed E-state index contributed by atoms with van der Waals surface area (Å²) in [6.07, 6.45) is 0. The zero-order valence-corrected chi connectivity index (χ0v) is 16.0. The van der Waals surface area contributed by atoms with Crippen LogP contribution in [0.2, 0.25) is 10.0 Å². The van der Waals surface area contributed by atoms with E-state index in [4.69, 9.17) is 27.8 Å². The van der Waals surface area contributed by atoms with Crippen LogP contribution in [-0.2, 0) is 0 Å². The van der Waals surface area contributed by atoms with E-state index >= 15 is 0 Å². The van der Waals surface area contributed by atoms with Crippen molar-refractivity contribution in [3.63, 3.8) is 0 Å². The predicted octanol–water partition coefficient (Wildman–Crippen LogP) is 3.82. The lowest BCUT2D eigenvalue weighted by Crippen LogP contribution is -2.29. The molecule has 0 atom stereocenters. The van der Waals surface area contributed by atoms with Gasteiger partial charge in [-0.05, 0) is 41.6 Å². The number of nitrogens with zero attached hydrogens (tertiary/aromatic N) is 5. The molecule has 138 valence electrons. The van der Waals surface area contributed by atoms with E-state index in [1.807, 2.05) is 0 Å². The lowest BCUT2D eigenvalue weighted by molar-refractivity contribution is 0.314. The Hall–Kier alpha value is -2.16. The van der Waals surface area contributed by atoms with Gasteiger partial charge >= 0.3 is 0 Å². The zero-order valence-electron chi connectivity index (χ0n) is 14.5. The van der Waals surface area contributed by atoms with Gasteiger partial charge in [-0.15, -0.1) is 0 Å². The van der Waals surface area contributed by atoms with Crippen molar-refractivity contribution >= 4 is 51.8 Å². The number of fused-ring (bicyclic) bond motifs is 1. The molecular weight excluding hydrogens is 377 g/mol. The maximum Gasteiger partial charge on any atom is 0.245 e. The molecule has 2 aromatic heterocycles. The Morgan fingerprint density at radius 3 is 2.35 bits per heavy atom. The van der Waals surface area contributed by atoms with E-state index in [2.05, 4.69) is 49.7 Å². The van der Waals surface area contributed by atoms with E-state index < -0.39 is 0 Å². The van der Waals surface area contributed by atoms with Gasteiger partial charge in [0.2, 0.25) is 11.3 Å². The largest absolute Gasteiger partial charge is 0.366 e. The Labute approximate surface area is 160 Å². The van der Waals surface area contributed by atoms with E-state index in [1.165, 1.54) is 0 Å². The molecule has 0 fully saturated rings. The highest BCUT2D eigenvalue weighted by Gasteiger charge is 2.13. The molecule has 0 aliphatic rings. The van der Waals surface area contributed by atoms with Crippen molar-refractivity contribution in [2.45, 2.75) is 13.8 Å². The highest BCUT2D eigenvalue weighted by Crippen LogP contribution is 2.28. The summed E-state index contributed by atoms with van der Waals surface area (Å²) in [6, 6.07) is 5.24. The second-order valence-corrected chi connectivity index (χ2v) is 6.35. The number of aromatic nitrogens is 4. The Kier molecular flexibility index (Phi) is 6.08. The minimum atomic E-state index is 0.321. The summed E-state index contributed by atoms with van der Waals surface area (Å²) in [5.74, 6) is 1.07. The van der Waals surface area contributed by atoms with Gasteiger partial charge in [-0.2, -0.15) is 0 Å². The molecule has 2 heterocycles. The molecule has 3 rings (SSSR count). The molecule has 1 aromatic carbocycles. The average Bonchev–Trinajstić information content (AvgIpc) is 3.09. The minimum absolute atomic E-state index is 0.321. The Balaban J connectivity index is 1.83. The molecule has 0 aliphatic heterocycles. The van der Waals surface area contributed by atoms with Crippen LogP contribution in [0.25, 0.3) is 11.3 Å². The summed E-state index contributed by atoms with van der Waals surface area (Å²) < 4.78 is 4.71. The van der Waals surface area contributed by atoms with Gasteiger partial charge in [0.05, 0.1) is 10.0 Å². The third kappa shape index (κ3) is 4.32. The first-order valence-electron chi connectivity index (χ1n) is 8.29. The van der Waals surface area contributed by atoms with Gasteiger partial charge < -0.3 is 15.5 Å². The summed E-state index contributed by atoms with van der Waals surface area (Å²) in [7, 11) is 0. The molecule has 0 saturated carbocycles. The molecule has 0 radical (unpaired) electrons. The molecule has 3 aromatic rings. The van der Waals surface area contributed by atoms with E-state index in [1.54, 1.807) is 18.2 Å². The number of benzene rings is 1. The van der Waals surface area contributed by atoms with Gasteiger partial charge in [-0.3, -0.25) is 0 Å². The maximum absolute atomic E-state index is 6.08. The molecule has 2 N–H and O–H groups in total. The third-order valence-corrected chi connectivity index (χ3v) is 4.65. The van der Waals surface area contributed by atoms with Crippen LogP contribution in [0.1, 0.15) is 13.8 Å². The van der Waals surface area contributed by atoms with Gasteiger partial charge in [-0.1, -0.05) is 37.0 Å². The van der Waals surface area contributed by atoms with Gasteiger partial charge in [0.15, 0.2) is 11.6 Å². The number of likely N-dealkylation sites (N-methyl/N-ethyl adjacent to an activating group) is 1. The van der Waals surface area contributed by atoms with E-state index in [-0.39, 0.29) is 0 Å². The molecule has 0 unspecified atom stereocenters. The molecule has 0 aliphatic carbocycles. The monoisotopic (exact) mass is 395 g/mol. The molecule has 26 heavy (non-hydrogen) atoms. The van der Waals surface area contributed by atoms with Crippen LogP contribution in [0.3, 0.4) is 0 Å². The Morgan fingerprint density at radius 1 is 1.00 bits per heavy atom. The number of hydrogen-bond acceptors (Lipinski definition) is 8. The second kappa shape index (κ2) is 8.48. The fourth-order valence-corrected chi connectivity index (χ4v) is 2.73.